The third-order valence-corrected chi connectivity index (χ3v) is 6.55. The normalized spacial score (nSPS) is 11.6. The van der Waals surface area contributed by atoms with Crippen molar-refractivity contribution in [1.29, 1.82) is 0 Å². The second-order valence-corrected chi connectivity index (χ2v) is 9.87. The van der Waals surface area contributed by atoms with Crippen molar-refractivity contribution in [3.63, 3.8) is 0 Å². The van der Waals surface area contributed by atoms with E-state index in [2.05, 4.69) is 58.0 Å². The Bertz CT molecular complexity index is 1190. The number of rotatable bonds is 5. The average molecular weight is 429 g/mol. The van der Waals surface area contributed by atoms with Crippen LogP contribution in [0.1, 0.15) is 54.7 Å². The first-order chi connectivity index (χ1) is 14.8. The zero-order chi connectivity index (χ0) is 22.0. The molecule has 1 amide bonds. The Morgan fingerprint density at radius 3 is 2.29 bits per heavy atom. The standard InChI is InChI=1S/C27H28N2OS/c1-5-19-11-16-23-24(17-19)31-26(28-23)29(18-20-9-7-6-8-10-20)25(30)21-12-14-22(15-13-21)27(2,3)4/h6-17H,5,18H2,1-4H3. The maximum absolute atomic E-state index is 13.6. The number of hydrogen-bond acceptors (Lipinski definition) is 3. The van der Waals surface area contributed by atoms with Crippen molar-refractivity contribution in [3.05, 3.63) is 95.1 Å². The molecule has 0 spiro atoms. The summed E-state index contributed by atoms with van der Waals surface area (Å²) in [5.74, 6) is -0.0286. The molecule has 1 aromatic heterocycles. The lowest BCUT2D eigenvalue weighted by atomic mass is 9.86. The predicted octanol–water partition coefficient (Wildman–Crippen LogP) is 7.00. The molecule has 4 aromatic rings. The highest BCUT2D eigenvalue weighted by atomic mass is 32.1. The maximum atomic E-state index is 13.6. The first-order valence-corrected chi connectivity index (χ1v) is 11.5. The molecule has 0 saturated heterocycles. The summed E-state index contributed by atoms with van der Waals surface area (Å²) in [5.41, 5.74) is 5.24. The molecule has 0 fully saturated rings. The van der Waals surface area contributed by atoms with E-state index in [1.165, 1.54) is 11.1 Å². The maximum Gasteiger partial charge on any atom is 0.260 e. The zero-order valence-electron chi connectivity index (χ0n) is 18.6. The van der Waals surface area contributed by atoms with Gasteiger partial charge in [-0.15, -0.1) is 0 Å². The van der Waals surface area contributed by atoms with E-state index in [-0.39, 0.29) is 11.3 Å². The van der Waals surface area contributed by atoms with Gasteiger partial charge in [0.05, 0.1) is 16.8 Å². The van der Waals surface area contributed by atoms with E-state index in [1.807, 2.05) is 42.5 Å². The number of carbonyl (C=O) groups excluding carboxylic acids is 1. The van der Waals surface area contributed by atoms with Gasteiger partial charge in [0.1, 0.15) is 0 Å². The molecule has 0 unspecified atom stereocenters. The number of aryl methyl sites for hydroxylation is 1. The third-order valence-electron chi connectivity index (χ3n) is 5.51. The van der Waals surface area contributed by atoms with Gasteiger partial charge < -0.3 is 0 Å². The largest absolute Gasteiger partial charge is 0.279 e. The molecule has 3 nitrogen and oxygen atoms in total. The quantitative estimate of drug-likeness (QED) is 0.343. The van der Waals surface area contributed by atoms with E-state index >= 15 is 0 Å². The molecule has 158 valence electrons. The SMILES string of the molecule is CCc1ccc2nc(N(Cc3ccccc3)C(=O)c3ccc(C(C)(C)C)cc3)sc2c1. The number of fused-ring (bicyclic) bond motifs is 1. The van der Waals surface area contributed by atoms with Gasteiger partial charge in [-0.3, -0.25) is 9.69 Å². The fraction of sp³-hybridized carbons (Fsp3) is 0.259. The number of thiazole rings is 1. The van der Waals surface area contributed by atoms with Crippen LogP contribution in [0.2, 0.25) is 0 Å². The molecule has 0 N–H and O–H groups in total. The van der Waals surface area contributed by atoms with Gasteiger partial charge in [-0.2, -0.15) is 0 Å². The highest BCUT2D eigenvalue weighted by Crippen LogP contribution is 2.32. The van der Waals surface area contributed by atoms with Crippen LogP contribution in [-0.4, -0.2) is 10.9 Å². The molecule has 0 aliphatic rings. The van der Waals surface area contributed by atoms with E-state index in [4.69, 9.17) is 4.98 Å². The second kappa shape index (κ2) is 8.64. The Morgan fingerprint density at radius 2 is 1.65 bits per heavy atom. The van der Waals surface area contributed by atoms with Crippen LogP contribution < -0.4 is 4.90 Å². The summed E-state index contributed by atoms with van der Waals surface area (Å²) in [6, 6.07) is 24.4. The highest BCUT2D eigenvalue weighted by Gasteiger charge is 2.23. The van der Waals surface area contributed by atoms with Crippen molar-refractivity contribution in [1.82, 2.24) is 4.98 Å². The summed E-state index contributed by atoms with van der Waals surface area (Å²) in [6.45, 7) is 9.17. The van der Waals surface area contributed by atoms with Gasteiger partial charge in [-0.05, 0) is 52.8 Å². The molecule has 3 aromatic carbocycles. The van der Waals surface area contributed by atoms with Crippen molar-refractivity contribution in [2.75, 3.05) is 4.90 Å². The van der Waals surface area contributed by atoms with E-state index in [1.54, 1.807) is 16.2 Å². The summed E-state index contributed by atoms with van der Waals surface area (Å²) < 4.78 is 1.11. The minimum Gasteiger partial charge on any atom is -0.279 e. The highest BCUT2D eigenvalue weighted by molar-refractivity contribution is 7.22. The van der Waals surface area contributed by atoms with Crippen LogP contribution in [0, 0.1) is 0 Å². The van der Waals surface area contributed by atoms with Gasteiger partial charge in [0.2, 0.25) is 0 Å². The monoisotopic (exact) mass is 428 g/mol. The minimum atomic E-state index is -0.0286. The molecule has 31 heavy (non-hydrogen) atoms. The summed E-state index contributed by atoms with van der Waals surface area (Å²) in [6.07, 6.45) is 0.982. The molecule has 0 aliphatic carbocycles. The van der Waals surface area contributed by atoms with E-state index < -0.39 is 0 Å². The lowest BCUT2D eigenvalue weighted by Gasteiger charge is -2.22. The van der Waals surface area contributed by atoms with Crippen LogP contribution >= 0.6 is 11.3 Å². The summed E-state index contributed by atoms with van der Waals surface area (Å²) in [5, 5.41) is 0.733. The minimum absolute atomic E-state index is 0.0286. The molecular weight excluding hydrogens is 400 g/mol. The second-order valence-electron chi connectivity index (χ2n) is 8.86. The number of hydrogen-bond donors (Lipinski definition) is 0. The average Bonchev–Trinajstić information content (AvgIpc) is 3.20. The van der Waals surface area contributed by atoms with Crippen molar-refractivity contribution in [3.8, 4) is 0 Å². The first kappa shape index (κ1) is 21.3. The topological polar surface area (TPSA) is 33.2 Å². The summed E-state index contributed by atoms with van der Waals surface area (Å²) in [7, 11) is 0. The van der Waals surface area contributed by atoms with Crippen molar-refractivity contribution < 1.29 is 4.79 Å². The van der Waals surface area contributed by atoms with Gasteiger partial charge in [-0.1, -0.05) is 87.6 Å². The predicted molar refractivity (Wildman–Crippen MR) is 131 cm³/mol. The van der Waals surface area contributed by atoms with Crippen LogP contribution in [-0.2, 0) is 18.4 Å². The van der Waals surface area contributed by atoms with Gasteiger partial charge in [0.25, 0.3) is 5.91 Å². The number of nitrogens with zero attached hydrogens (tertiary/aromatic N) is 2. The third kappa shape index (κ3) is 4.70. The number of aromatic nitrogens is 1. The fourth-order valence-electron chi connectivity index (χ4n) is 3.55. The first-order valence-electron chi connectivity index (χ1n) is 10.7. The van der Waals surface area contributed by atoms with Crippen LogP contribution in [0.3, 0.4) is 0 Å². The van der Waals surface area contributed by atoms with Crippen LogP contribution in [0.4, 0.5) is 5.13 Å². The Hall–Kier alpha value is -2.98. The van der Waals surface area contributed by atoms with Gasteiger partial charge >= 0.3 is 0 Å². The molecule has 0 radical (unpaired) electrons. The number of benzene rings is 3. The Labute approximate surface area is 188 Å². The number of amides is 1. The molecule has 4 rings (SSSR count). The van der Waals surface area contributed by atoms with Gasteiger partial charge in [-0.25, -0.2) is 4.98 Å². The van der Waals surface area contributed by atoms with E-state index in [9.17, 15) is 4.79 Å². The number of carbonyl (C=O) groups is 1. The molecule has 0 atom stereocenters. The molecule has 0 saturated carbocycles. The zero-order valence-corrected chi connectivity index (χ0v) is 19.4. The van der Waals surface area contributed by atoms with E-state index in [0.29, 0.717) is 12.1 Å². The Balaban J connectivity index is 1.73. The van der Waals surface area contributed by atoms with Crippen molar-refractivity contribution >= 4 is 32.6 Å². The van der Waals surface area contributed by atoms with Crippen molar-refractivity contribution in [2.24, 2.45) is 0 Å². The van der Waals surface area contributed by atoms with Crippen molar-refractivity contribution in [2.45, 2.75) is 46.1 Å². The molecule has 0 aliphatic heterocycles. The molecule has 1 heterocycles. The van der Waals surface area contributed by atoms with Crippen LogP contribution in [0.5, 0.6) is 0 Å². The molecular formula is C27H28N2OS. The smallest absolute Gasteiger partial charge is 0.260 e. The Morgan fingerprint density at radius 1 is 0.935 bits per heavy atom. The van der Waals surface area contributed by atoms with Crippen LogP contribution in [0.25, 0.3) is 10.2 Å². The van der Waals surface area contributed by atoms with Gasteiger partial charge in [0, 0.05) is 5.56 Å². The van der Waals surface area contributed by atoms with Crippen LogP contribution in [0.15, 0.2) is 72.8 Å². The molecule has 0 bridgehead atoms. The summed E-state index contributed by atoms with van der Waals surface area (Å²) in [4.78, 5) is 20.2. The van der Waals surface area contributed by atoms with E-state index in [0.717, 1.165) is 27.3 Å². The number of anilines is 1. The lowest BCUT2D eigenvalue weighted by Crippen LogP contribution is -2.30. The molecule has 4 heteroatoms. The van der Waals surface area contributed by atoms with Gasteiger partial charge in [0.15, 0.2) is 5.13 Å². The summed E-state index contributed by atoms with van der Waals surface area (Å²) >= 11 is 1.58. The fourth-order valence-corrected chi connectivity index (χ4v) is 4.58. The lowest BCUT2D eigenvalue weighted by molar-refractivity contribution is 0.0985. The Kier molecular flexibility index (Phi) is 5.92.